The van der Waals surface area contributed by atoms with E-state index in [0.29, 0.717) is 18.9 Å². The summed E-state index contributed by atoms with van der Waals surface area (Å²) in [6.07, 6.45) is 1.48. The van der Waals surface area contributed by atoms with Crippen molar-refractivity contribution >= 4 is 42.7 Å². The monoisotopic (exact) mass is 398 g/mol. The number of hydrogen-bond acceptors (Lipinski definition) is 6. The number of carbonyl (C=O) groups is 2. The molecule has 1 heterocycles. The molecular formula is C16H18BClF2N4O3. The van der Waals surface area contributed by atoms with Crippen LogP contribution in [0, 0.1) is 17.0 Å². The maximum Gasteiger partial charge on any atom is 0.376 e. The molecule has 11 heteroatoms. The first kappa shape index (κ1) is 21.0. The molecule has 0 aromatic heterocycles. The van der Waals surface area contributed by atoms with Gasteiger partial charge in [-0.15, -0.1) is 0 Å². The van der Waals surface area contributed by atoms with Gasteiger partial charge in [-0.1, -0.05) is 11.6 Å². The van der Waals surface area contributed by atoms with E-state index in [-0.39, 0.29) is 24.5 Å². The summed E-state index contributed by atoms with van der Waals surface area (Å²) in [7, 11) is -0.747. The maximum atomic E-state index is 13.2. The Kier molecular flexibility index (Phi) is 7.06. The molecule has 7 nitrogen and oxygen atoms in total. The zero-order chi connectivity index (χ0) is 20.1. The Balaban J connectivity index is 2.24. The number of benzene rings is 1. The maximum absolute atomic E-state index is 13.2. The number of amides is 1. The highest BCUT2D eigenvalue weighted by Gasteiger charge is 2.32. The van der Waals surface area contributed by atoms with E-state index in [2.05, 4.69) is 5.32 Å². The second-order valence-corrected chi connectivity index (χ2v) is 6.36. The molecule has 1 unspecified atom stereocenters. The van der Waals surface area contributed by atoms with E-state index in [1.165, 1.54) is 4.90 Å². The van der Waals surface area contributed by atoms with Crippen LogP contribution in [0.4, 0.5) is 14.5 Å². The minimum Gasteiger partial charge on any atom is -0.437 e. The quantitative estimate of drug-likeness (QED) is 0.290. The Labute approximate surface area is 160 Å². The highest BCUT2D eigenvalue weighted by Crippen LogP contribution is 2.21. The molecule has 1 aliphatic rings. The third-order valence-corrected chi connectivity index (χ3v) is 4.49. The minimum absolute atomic E-state index is 0.00613. The van der Waals surface area contributed by atoms with Crippen molar-refractivity contribution in [1.82, 2.24) is 9.71 Å². The molecular weight excluding hydrogens is 380 g/mol. The first-order valence-electron chi connectivity index (χ1n) is 8.08. The van der Waals surface area contributed by atoms with Gasteiger partial charge < -0.3 is 30.3 Å². The highest BCUT2D eigenvalue weighted by atomic mass is 35.5. The van der Waals surface area contributed by atoms with Crippen LogP contribution >= 0.6 is 11.6 Å². The molecule has 0 bridgehead atoms. The third-order valence-electron chi connectivity index (χ3n) is 4.13. The number of carbonyl (C=O) groups excluding carboxylic acids is 2. The Morgan fingerprint density at radius 3 is 2.52 bits per heavy atom. The second-order valence-electron chi connectivity index (χ2n) is 5.98. The lowest BCUT2D eigenvalue weighted by Crippen LogP contribution is -2.57. The van der Waals surface area contributed by atoms with Crippen molar-refractivity contribution in [3.8, 4) is 0 Å². The standard InChI is InChI=1S/C16H18BClF2N4O3/c1-17(27)23-2-3-24(13(8-23)9-25)14(7-21)15(18)16(26)22-12-5-10(19)4-11(20)6-12/h4-7,9,13,21,27H,2-3,8H2,1H3,(H,22,26)/b15-14-,21-7?. The largest absolute Gasteiger partial charge is 0.437 e. The van der Waals surface area contributed by atoms with Crippen LogP contribution in [-0.2, 0) is 9.59 Å². The summed E-state index contributed by atoms with van der Waals surface area (Å²) in [6.45, 7) is 2.40. The van der Waals surface area contributed by atoms with E-state index in [1.54, 1.807) is 11.6 Å². The molecule has 1 aliphatic heterocycles. The van der Waals surface area contributed by atoms with Crippen LogP contribution in [0.15, 0.2) is 28.9 Å². The molecule has 3 N–H and O–H groups in total. The second kappa shape index (κ2) is 9.07. The van der Waals surface area contributed by atoms with E-state index in [0.717, 1.165) is 18.3 Å². The smallest absolute Gasteiger partial charge is 0.376 e. The number of nitrogens with zero attached hydrogens (tertiary/aromatic N) is 2. The number of nitrogens with one attached hydrogen (secondary N) is 2. The predicted molar refractivity (Wildman–Crippen MR) is 98.6 cm³/mol. The summed E-state index contributed by atoms with van der Waals surface area (Å²) in [6, 6.07) is 1.78. The molecule has 144 valence electrons. The third kappa shape index (κ3) is 5.12. The lowest BCUT2D eigenvalue weighted by atomic mass is 9.83. The van der Waals surface area contributed by atoms with E-state index >= 15 is 0 Å². The number of aldehydes is 1. The molecule has 1 amide bonds. The number of halogens is 3. The van der Waals surface area contributed by atoms with Crippen LogP contribution < -0.4 is 5.32 Å². The number of allylic oxidation sites excluding steroid dienone is 1. The van der Waals surface area contributed by atoms with Gasteiger partial charge in [0.05, 0.1) is 11.7 Å². The molecule has 0 radical (unpaired) electrons. The van der Waals surface area contributed by atoms with Crippen molar-refractivity contribution in [3.63, 3.8) is 0 Å². The van der Waals surface area contributed by atoms with Crippen LogP contribution in [0.2, 0.25) is 6.82 Å². The zero-order valence-corrected chi connectivity index (χ0v) is 15.2. The average molecular weight is 399 g/mol. The highest BCUT2D eigenvalue weighted by molar-refractivity contribution is 6.45. The van der Waals surface area contributed by atoms with Crippen molar-refractivity contribution in [2.45, 2.75) is 12.9 Å². The van der Waals surface area contributed by atoms with Gasteiger partial charge in [-0.3, -0.25) is 4.79 Å². The average Bonchev–Trinajstić information content (AvgIpc) is 2.61. The molecule has 1 aromatic carbocycles. The van der Waals surface area contributed by atoms with Crippen molar-refractivity contribution < 1.29 is 23.4 Å². The van der Waals surface area contributed by atoms with Gasteiger partial charge in [-0.2, -0.15) is 0 Å². The van der Waals surface area contributed by atoms with Crippen LogP contribution in [0.25, 0.3) is 0 Å². The SMILES string of the molecule is CB(O)N1CCN(/C(C=N)=C(\Cl)C(=O)Nc2cc(F)cc(F)c2)C(C=O)C1. The van der Waals surface area contributed by atoms with E-state index in [9.17, 15) is 23.4 Å². The van der Waals surface area contributed by atoms with Gasteiger partial charge in [-0.25, -0.2) is 8.78 Å². The van der Waals surface area contributed by atoms with Gasteiger partial charge in [0.15, 0.2) is 0 Å². The molecule has 1 saturated heterocycles. The van der Waals surface area contributed by atoms with Gasteiger partial charge >= 0.3 is 7.05 Å². The summed E-state index contributed by atoms with van der Waals surface area (Å²) in [5, 5.41) is 19.1. The predicted octanol–water partition coefficient (Wildman–Crippen LogP) is 1.30. The molecule has 2 rings (SSSR count). The summed E-state index contributed by atoms with van der Waals surface area (Å²) in [5.41, 5.74) is -0.140. The molecule has 1 fully saturated rings. The zero-order valence-electron chi connectivity index (χ0n) is 14.5. The Morgan fingerprint density at radius 1 is 1.37 bits per heavy atom. The summed E-state index contributed by atoms with van der Waals surface area (Å²) < 4.78 is 26.5. The number of anilines is 1. The molecule has 27 heavy (non-hydrogen) atoms. The van der Waals surface area contributed by atoms with E-state index in [1.807, 2.05) is 0 Å². The molecule has 0 spiro atoms. The van der Waals surface area contributed by atoms with Crippen molar-refractivity contribution in [2.75, 3.05) is 25.0 Å². The fraction of sp³-hybridized carbons (Fsp3) is 0.312. The van der Waals surface area contributed by atoms with Crippen LogP contribution in [0.1, 0.15) is 0 Å². The van der Waals surface area contributed by atoms with Crippen molar-refractivity contribution in [1.29, 1.82) is 5.41 Å². The summed E-state index contributed by atoms with van der Waals surface area (Å²) in [4.78, 5) is 26.9. The minimum atomic E-state index is -0.872. The normalized spacial score (nSPS) is 18.6. The Hall–Kier alpha value is -2.30. The number of piperazine rings is 1. The molecule has 0 saturated carbocycles. The van der Waals surface area contributed by atoms with Crippen molar-refractivity contribution in [3.05, 3.63) is 40.6 Å². The Bertz CT molecular complexity index is 758. The first-order valence-corrected chi connectivity index (χ1v) is 8.46. The van der Waals surface area contributed by atoms with Gasteiger partial charge in [0.25, 0.3) is 5.91 Å². The van der Waals surface area contributed by atoms with Gasteiger partial charge in [0.2, 0.25) is 0 Å². The van der Waals surface area contributed by atoms with E-state index < -0.39 is 35.7 Å². The lowest BCUT2D eigenvalue weighted by molar-refractivity contribution is -0.114. The molecule has 1 atom stereocenters. The number of hydrogen-bond donors (Lipinski definition) is 3. The molecule has 1 aromatic rings. The fourth-order valence-corrected chi connectivity index (χ4v) is 3.00. The Morgan fingerprint density at radius 2 is 2.00 bits per heavy atom. The van der Waals surface area contributed by atoms with Crippen LogP contribution in [0.5, 0.6) is 0 Å². The van der Waals surface area contributed by atoms with Crippen LogP contribution in [0.3, 0.4) is 0 Å². The molecule has 0 aliphatic carbocycles. The lowest BCUT2D eigenvalue weighted by Gasteiger charge is -2.41. The fourth-order valence-electron chi connectivity index (χ4n) is 2.79. The van der Waals surface area contributed by atoms with Crippen LogP contribution in [-0.4, -0.2) is 65.9 Å². The first-order chi connectivity index (χ1) is 12.8. The van der Waals surface area contributed by atoms with Crippen molar-refractivity contribution in [2.24, 2.45) is 0 Å². The topological polar surface area (TPSA) is 96.7 Å². The van der Waals surface area contributed by atoms with E-state index in [4.69, 9.17) is 17.0 Å². The van der Waals surface area contributed by atoms with Gasteiger partial charge in [-0.05, 0) is 19.0 Å². The summed E-state index contributed by atoms with van der Waals surface area (Å²) >= 11 is 6.09. The number of rotatable bonds is 6. The van der Waals surface area contributed by atoms with Gasteiger partial charge in [0.1, 0.15) is 23.0 Å². The van der Waals surface area contributed by atoms with Gasteiger partial charge in [0, 0.05) is 37.6 Å². The summed E-state index contributed by atoms with van der Waals surface area (Å²) in [5.74, 6) is -2.61.